The monoisotopic (exact) mass is 187 g/mol. The molecule has 0 N–H and O–H groups in total. The molecule has 0 radical (unpaired) electrons. The highest BCUT2D eigenvalue weighted by molar-refractivity contribution is 5.66. The molecular formula is C8H13NO4. The highest BCUT2D eigenvalue weighted by Crippen LogP contribution is 2.41. The van der Waals surface area contributed by atoms with Crippen molar-refractivity contribution in [2.24, 2.45) is 5.92 Å². The molecule has 0 aromatic heterocycles. The van der Waals surface area contributed by atoms with Crippen LogP contribution in [0.3, 0.4) is 0 Å². The van der Waals surface area contributed by atoms with Gasteiger partial charge in [0.15, 0.2) is 5.60 Å². The van der Waals surface area contributed by atoms with Gasteiger partial charge in [0.1, 0.15) is 0 Å². The van der Waals surface area contributed by atoms with Gasteiger partial charge < -0.3 is 4.74 Å². The number of nitrogens with zero attached hydrogens (tertiary/aromatic N) is 1. The molecule has 5 heteroatoms. The van der Waals surface area contributed by atoms with Crippen molar-refractivity contribution in [2.45, 2.75) is 32.3 Å². The molecule has 0 bridgehead atoms. The normalized spacial score (nSPS) is 32.0. The van der Waals surface area contributed by atoms with E-state index in [1.807, 2.05) is 6.92 Å². The lowest BCUT2D eigenvalue weighted by Crippen LogP contribution is -2.54. The molecule has 0 aliphatic heterocycles. The lowest BCUT2D eigenvalue weighted by molar-refractivity contribution is -0.508. The number of hydrogen-bond donors (Lipinski definition) is 0. The van der Waals surface area contributed by atoms with E-state index in [0.29, 0.717) is 6.42 Å². The van der Waals surface area contributed by atoms with Crippen LogP contribution in [0.4, 0.5) is 0 Å². The summed E-state index contributed by atoms with van der Waals surface area (Å²) in [5, 5.41) is 10.3. The zero-order valence-electron chi connectivity index (χ0n) is 7.78. The van der Waals surface area contributed by atoms with Gasteiger partial charge in [0.2, 0.25) is 6.54 Å². The summed E-state index contributed by atoms with van der Waals surface area (Å²) in [6.45, 7) is 2.89. The molecule has 0 aromatic rings. The van der Waals surface area contributed by atoms with Crippen LogP contribution in [0.1, 0.15) is 26.7 Å². The second-order valence-electron chi connectivity index (χ2n) is 3.59. The van der Waals surface area contributed by atoms with Crippen LogP contribution >= 0.6 is 0 Å². The summed E-state index contributed by atoms with van der Waals surface area (Å²) in [5.41, 5.74) is -0.824. The van der Waals surface area contributed by atoms with Crippen molar-refractivity contribution >= 4 is 5.97 Å². The number of hydrogen-bond acceptors (Lipinski definition) is 4. The van der Waals surface area contributed by atoms with Crippen LogP contribution in [0.25, 0.3) is 0 Å². The van der Waals surface area contributed by atoms with Gasteiger partial charge in [-0.1, -0.05) is 6.92 Å². The average molecular weight is 187 g/mol. The van der Waals surface area contributed by atoms with Crippen molar-refractivity contribution in [2.75, 3.05) is 6.54 Å². The summed E-state index contributed by atoms with van der Waals surface area (Å²) < 4.78 is 5.02. The fourth-order valence-corrected chi connectivity index (χ4v) is 1.68. The summed E-state index contributed by atoms with van der Waals surface area (Å²) >= 11 is 0. The van der Waals surface area contributed by atoms with Gasteiger partial charge in [0.25, 0.3) is 0 Å². The van der Waals surface area contributed by atoms with Gasteiger partial charge in [-0.2, -0.15) is 0 Å². The van der Waals surface area contributed by atoms with Gasteiger partial charge in [0.05, 0.1) is 0 Å². The Kier molecular flexibility index (Phi) is 2.54. The summed E-state index contributed by atoms with van der Waals surface area (Å²) in [5.74, 6) is -0.338. The first-order valence-electron chi connectivity index (χ1n) is 4.28. The van der Waals surface area contributed by atoms with Crippen molar-refractivity contribution < 1.29 is 14.5 Å². The quantitative estimate of drug-likeness (QED) is 0.375. The molecule has 1 rings (SSSR count). The number of rotatable bonds is 3. The molecule has 2 atom stereocenters. The second-order valence-corrected chi connectivity index (χ2v) is 3.59. The van der Waals surface area contributed by atoms with Crippen LogP contribution in [0.15, 0.2) is 0 Å². The zero-order valence-corrected chi connectivity index (χ0v) is 7.78. The topological polar surface area (TPSA) is 69.4 Å². The van der Waals surface area contributed by atoms with E-state index in [2.05, 4.69) is 0 Å². The second kappa shape index (κ2) is 3.32. The molecular weight excluding hydrogens is 174 g/mol. The maximum absolute atomic E-state index is 10.7. The van der Waals surface area contributed by atoms with E-state index in [4.69, 9.17) is 4.74 Å². The number of carbonyl (C=O) groups is 1. The summed E-state index contributed by atoms with van der Waals surface area (Å²) in [6.07, 6.45) is 1.50. The van der Waals surface area contributed by atoms with Crippen molar-refractivity contribution in [3.63, 3.8) is 0 Å². The van der Waals surface area contributed by atoms with E-state index in [0.717, 1.165) is 6.42 Å². The molecule has 0 amide bonds. The molecule has 2 unspecified atom stereocenters. The van der Waals surface area contributed by atoms with Crippen molar-refractivity contribution in [1.82, 2.24) is 0 Å². The third-order valence-electron chi connectivity index (χ3n) is 2.64. The SMILES string of the molecule is CC(=O)OC1(C[N+](=O)[O-])CCC1C. The van der Waals surface area contributed by atoms with Gasteiger partial charge in [-0.3, -0.25) is 14.9 Å². The van der Waals surface area contributed by atoms with E-state index < -0.39 is 16.5 Å². The van der Waals surface area contributed by atoms with Crippen molar-refractivity contribution in [1.29, 1.82) is 0 Å². The minimum absolute atomic E-state index is 0.0989. The molecule has 1 aliphatic carbocycles. The highest BCUT2D eigenvalue weighted by atomic mass is 16.6. The molecule has 13 heavy (non-hydrogen) atoms. The Labute approximate surface area is 76.2 Å². The van der Waals surface area contributed by atoms with E-state index in [-0.39, 0.29) is 12.5 Å². The summed E-state index contributed by atoms with van der Waals surface area (Å²) in [4.78, 5) is 20.7. The molecule has 5 nitrogen and oxygen atoms in total. The Bertz CT molecular complexity index is 222. The van der Waals surface area contributed by atoms with Gasteiger partial charge in [-0.05, 0) is 12.8 Å². The minimum Gasteiger partial charge on any atom is -0.452 e. The van der Waals surface area contributed by atoms with Gasteiger partial charge in [-0.25, -0.2) is 0 Å². The lowest BCUT2D eigenvalue weighted by Gasteiger charge is -2.43. The van der Waals surface area contributed by atoms with Crippen LogP contribution in [0, 0.1) is 16.0 Å². The summed E-state index contributed by atoms with van der Waals surface area (Å²) in [6, 6.07) is 0. The number of ether oxygens (including phenoxy) is 1. The fourth-order valence-electron chi connectivity index (χ4n) is 1.68. The van der Waals surface area contributed by atoms with Crippen LogP contribution in [0.5, 0.6) is 0 Å². The van der Waals surface area contributed by atoms with Crippen LogP contribution in [-0.2, 0) is 9.53 Å². The first-order valence-corrected chi connectivity index (χ1v) is 4.28. The van der Waals surface area contributed by atoms with Crippen LogP contribution < -0.4 is 0 Å². The molecule has 1 saturated carbocycles. The highest BCUT2D eigenvalue weighted by Gasteiger charge is 2.51. The standard InChI is InChI=1S/C8H13NO4/c1-6-3-4-8(6,5-9(11)12)13-7(2)10/h6H,3-5H2,1-2H3. The Morgan fingerprint density at radius 1 is 1.77 bits per heavy atom. The molecule has 74 valence electrons. The lowest BCUT2D eigenvalue weighted by atomic mass is 9.70. The molecule has 1 fully saturated rings. The predicted molar refractivity (Wildman–Crippen MR) is 44.8 cm³/mol. The van der Waals surface area contributed by atoms with E-state index in [9.17, 15) is 14.9 Å². The van der Waals surface area contributed by atoms with Crippen molar-refractivity contribution in [3.8, 4) is 0 Å². The average Bonchev–Trinajstić information content (AvgIpc) is 1.99. The van der Waals surface area contributed by atoms with Crippen LogP contribution in [-0.4, -0.2) is 23.0 Å². The maximum Gasteiger partial charge on any atom is 0.303 e. The third kappa shape index (κ3) is 1.96. The largest absolute Gasteiger partial charge is 0.452 e. The minimum atomic E-state index is -0.824. The van der Waals surface area contributed by atoms with Gasteiger partial charge >= 0.3 is 5.97 Å². The smallest absolute Gasteiger partial charge is 0.303 e. The number of nitro groups is 1. The molecule has 0 aromatic carbocycles. The van der Waals surface area contributed by atoms with Gasteiger partial charge in [-0.15, -0.1) is 0 Å². The Morgan fingerprint density at radius 3 is 2.62 bits per heavy atom. The Morgan fingerprint density at radius 2 is 2.38 bits per heavy atom. The number of esters is 1. The predicted octanol–water partition coefficient (Wildman–Crippen LogP) is 0.995. The summed E-state index contributed by atoms with van der Waals surface area (Å²) in [7, 11) is 0. The molecule has 1 aliphatic rings. The molecule has 0 spiro atoms. The third-order valence-corrected chi connectivity index (χ3v) is 2.64. The fraction of sp³-hybridized carbons (Fsp3) is 0.875. The molecule has 0 saturated heterocycles. The van der Waals surface area contributed by atoms with E-state index in [1.165, 1.54) is 6.92 Å². The van der Waals surface area contributed by atoms with Crippen LogP contribution in [0.2, 0.25) is 0 Å². The molecule has 0 heterocycles. The maximum atomic E-state index is 10.7. The Hall–Kier alpha value is -1.13. The first kappa shape index (κ1) is 9.95. The zero-order chi connectivity index (χ0) is 10.1. The van der Waals surface area contributed by atoms with Crippen molar-refractivity contribution in [3.05, 3.63) is 10.1 Å². The van der Waals surface area contributed by atoms with E-state index in [1.54, 1.807) is 0 Å². The van der Waals surface area contributed by atoms with E-state index >= 15 is 0 Å². The van der Waals surface area contributed by atoms with Gasteiger partial charge in [0, 0.05) is 17.8 Å². The Balaban J connectivity index is 2.64. The first-order chi connectivity index (χ1) is 5.96. The number of carbonyl (C=O) groups excluding carboxylic acids is 1.